The van der Waals surface area contributed by atoms with Crippen molar-refractivity contribution in [2.45, 2.75) is 6.18 Å². The first-order valence-electron chi connectivity index (χ1n) is 7.18. The number of sulfonamides is 1. The summed E-state index contributed by atoms with van der Waals surface area (Å²) >= 11 is 0. The number of hydrogen-bond donors (Lipinski definition) is 1. The zero-order valence-corrected chi connectivity index (χ0v) is 14.2. The van der Waals surface area contributed by atoms with Gasteiger partial charge in [0, 0.05) is 5.69 Å². The third kappa shape index (κ3) is 4.94. The van der Waals surface area contributed by atoms with Gasteiger partial charge in [-0.2, -0.15) is 13.2 Å². The summed E-state index contributed by atoms with van der Waals surface area (Å²) < 4.78 is 76.3. The third-order valence-electron chi connectivity index (χ3n) is 3.28. The van der Waals surface area contributed by atoms with Crippen LogP contribution in [0, 0.1) is 5.82 Å². The average Bonchev–Trinajstić information content (AvgIpc) is 2.52. The average molecular weight is 390 g/mol. The van der Waals surface area contributed by atoms with Gasteiger partial charge in [0.1, 0.15) is 12.4 Å². The number of anilines is 2. The van der Waals surface area contributed by atoms with Gasteiger partial charge in [-0.05, 0) is 30.3 Å². The summed E-state index contributed by atoms with van der Waals surface area (Å²) in [4.78, 5) is 12.1. The van der Waals surface area contributed by atoms with Crippen molar-refractivity contribution in [1.82, 2.24) is 0 Å². The van der Waals surface area contributed by atoms with Crippen molar-refractivity contribution in [2.75, 3.05) is 22.4 Å². The van der Waals surface area contributed by atoms with Crippen molar-refractivity contribution in [3.63, 3.8) is 0 Å². The molecule has 140 valence electrons. The summed E-state index contributed by atoms with van der Waals surface area (Å²) in [6, 6.07) is 8.81. The summed E-state index contributed by atoms with van der Waals surface area (Å²) in [5.41, 5.74) is -1.47. The maximum Gasteiger partial charge on any atom is 0.416 e. The van der Waals surface area contributed by atoms with Gasteiger partial charge in [-0.1, -0.05) is 18.2 Å². The predicted molar refractivity (Wildman–Crippen MR) is 88.7 cm³/mol. The van der Waals surface area contributed by atoms with Crippen molar-refractivity contribution in [1.29, 1.82) is 0 Å². The lowest BCUT2D eigenvalue weighted by atomic mass is 10.2. The molecule has 26 heavy (non-hydrogen) atoms. The van der Waals surface area contributed by atoms with Crippen molar-refractivity contribution in [2.24, 2.45) is 0 Å². The number of benzene rings is 2. The van der Waals surface area contributed by atoms with Gasteiger partial charge in [-0.3, -0.25) is 9.10 Å². The topological polar surface area (TPSA) is 66.5 Å². The van der Waals surface area contributed by atoms with Crippen LogP contribution in [-0.4, -0.2) is 27.1 Å². The highest BCUT2D eigenvalue weighted by Crippen LogP contribution is 2.30. The highest BCUT2D eigenvalue weighted by Gasteiger charge is 2.30. The summed E-state index contributed by atoms with van der Waals surface area (Å²) in [7, 11) is -4.01. The highest BCUT2D eigenvalue weighted by atomic mass is 32.2. The molecule has 5 nitrogen and oxygen atoms in total. The van der Waals surface area contributed by atoms with Crippen LogP contribution >= 0.6 is 0 Å². The third-order valence-corrected chi connectivity index (χ3v) is 4.41. The van der Waals surface area contributed by atoms with Crippen molar-refractivity contribution >= 4 is 27.3 Å². The molecule has 0 aliphatic rings. The van der Waals surface area contributed by atoms with E-state index < -0.39 is 40.0 Å². The fourth-order valence-corrected chi connectivity index (χ4v) is 3.00. The fraction of sp³-hybridized carbons (Fsp3) is 0.188. The molecule has 2 aromatic carbocycles. The Labute approximate surface area is 147 Å². The lowest BCUT2D eigenvalue weighted by Gasteiger charge is -2.22. The summed E-state index contributed by atoms with van der Waals surface area (Å²) in [5.74, 6) is -1.78. The van der Waals surface area contributed by atoms with E-state index >= 15 is 0 Å². The molecule has 0 saturated carbocycles. The summed E-state index contributed by atoms with van der Waals surface area (Å²) in [6.07, 6.45) is -3.80. The molecule has 2 aromatic rings. The minimum absolute atomic E-state index is 0.160. The summed E-state index contributed by atoms with van der Waals surface area (Å²) in [6.45, 7) is -0.796. The van der Waals surface area contributed by atoms with E-state index in [9.17, 15) is 30.8 Å². The molecule has 0 fully saturated rings. The molecule has 0 heterocycles. The molecule has 0 aliphatic heterocycles. The number of carbonyl (C=O) groups is 1. The first kappa shape index (κ1) is 19.7. The quantitative estimate of drug-likeness (QED) is 0.797. The number of para-hydroxylation sites is 1. The van der Waals surface area contributed by atoms with E-state index in [-0.39, 0.29) is 11.4 Å². The maximum atomic E-state index is 13.9. The first-order chi connectivity index (χ1) is 12.0. The van der Waals surface area contributed by atoms with Crippen LogP contribution in [0.2, 0.25) is 0 Å². The molecule has 0 radical (unpaired) electrons. The van der Waals surface area contributed by atoms with E-state index in [0.717, 1.165) is 24.5 Å². The van der Waals surface area contributed by atoms with Crippen LogP contribution in [0.5, 0.6) is 0 Å². The number of nitrogens with zero attached hydrogens (tertiary/aromatic N) is 1. The SMILES string of the molecule is CS(=O)(=O)N(CC(=O)Nc1cccc(C(F)(F)F)c1)c1ccccc1F. The predicted octanol–water partition coefficient (Wildman–Crippen LogP) is 3.25. The van der Waals surface area contributed by atoms with Crippen molar-refractivity contribution in [3.8, 4) is 0 Å². The monoisotopic (exact) mass is 390 g/mol. The van der Waals surface area contributed by atoms with E-state index in [4.69, 9.17) is 0 Å². The zero-order valence-electron chi connectivity index (χ0n) is 13.4. The molecule has 0 unspecified atom stereocenters. The Morgan fingerprint density at radius 1 is 1.12 bits per heavy atom. The minimum Gasteiger partial charge on any atom is -0.325 e. The van der Waals surface area contributed by atoms with Gasteiger partial charge in [0.15, 0.2) is 0 Å². The van der Waals surface area contributed by atoms with Gasteiger partial charge in [0.05, 0.1) is 17.5 Å². The standard InChI is InChI=1S/C16H14F4N2O3S/c1-26(24,25)22(14-8-3-2-7-13(14)17)10-15(23)21-12-6-4-5-11(9-12)16(18,19)20/h2-9H,10H2,1H3,(H,21,23). The number of hydrogen-bond acceptors (Lipinski definition) is 3. The Morgan fingerprint density at radius 3 is 2.35 bits per heavy atom. The van der Waals surface area contributed by atoms with Crippen LogP contribution in [0.15, 0.2) is 48.5 Å². The summed E-state index contributed by atoms with van der Waals surface area (Å²) in [5, 5.41) is 2.18. The Hall–Kier alpha value is -2.62. The Kier molecular flexibility index (Phi) is 5.55. The molecule has 1 amide bonds. The van der Waals surface area contributed by atoms with Gasteiger partial charge in [0.2, 0.25) is 15.9 Å². The van der Waals surface area contributed by atoms with Gasteiger partial charge in [-0.25, -0.2) is 12.8 Å². The number of alkyl halides is 3. The van der Waals surface area contributed by atoms with Crippen molar-refractivity contribution < 1.29 is 30.8 Å². The second-order valence-corrected chi connectivity index (χ2v) is 7.25. The molecule has 2 rings (SSSR count). The second-order valence-electron chi connectivity index (χ2n) is 5.35. The normalized spacial score (nSPS) is 11.9. The zero-order chi connectivity index (χ0) is 19.5. The molecule has 0 aromatic heterocycles. The van der Waals surface area contributed by atoms with Crippen LogP contribution in [0.3, 0.4) is 0 Å². The van der Waals surface area contributed by atoms with Gasteiger partial charge >= 0.3 is 6.18 Å². The lowest BCUT2D eigenvalue weighted by Crippen LogP contribution is -2.38. The second kappa shape index (κ2) is 7.32. The van der Waals surface area contributed by atoms with Crippen molar-refractivity contribution in [3.05, 3.63) is 59.9 Å². The Balaban J connectivity index is 2.23. The molecule has 0 atom stereocenters. The van der Waals surface area contributed by atoms with E-state index in [0.29, 0.717) is 10.4 Å². The molecule has 1 N–H and O–H groups in total. The van der Waals surface area contributed by atoms with E-state index in [1.54, 1.807) is 0 Å². The molecule has 10 heteroatoms. The maximum absolute atomic E-state index is 13.9. The van der Waals surface area contributed by atoms with E-state index in [2.05, 4.69) is 5.32 Å². The number of nitrogens with one attached hydrogen (secondary N) is 1. The molecule has 0 spiro atoms. The number of halogens is 4. The van der Waals surface area contributed by atoms with Gasteiger partial charge in [-0.15, -0.1) is 0 Å². The Morgan fingerprint density at radius 2 is 1.77 bits per heavy atom. The van der Waals surface area contributed by atoms with E-state index in [1.807, 2.05) is 0 Å². The highest BCUT2D eigenvalue weighted by molar-refractivity contribution is 7.92. The van der Waals surface area contributed by atoms with Crippen LogP contribution in [-0.2, 0) is 21.0 Å². The Bertz CT molecular complexity index is 914. The van der Waals surface area contributed by atoms with Crippen LogP contribution in [0.4, 0.5) is 28.9 Å². The van der Waals surface area contributed by atoms with Gasteiger partial charge in [0.25, 0.3) is 0 Å². The lowest BCUT2D eigenvalue weighted by molar-refractivity contribution is -0.137. The molecule has 0 bridgehead atoms. The number of carbonyl (C=O) groups excluding carboxylic acids is 1. The molecule has 0 saturated heterocycles. The molecule has 0 aliphatic carbocycles. The van der Waals surface area contributed by atoms with Gasteiger partial charge < -0.3 is 5.32 Å². The molecular weight excluding hydrogens is 376 g/mol. The van der Waals surface area contributed by atoms with E-state index in [1.165, 1.54) is 24.3 Å². The fourth-order valence-electron chi connectivity index (χ4n) is 2.14. The van der Waals surface area contributed by atoms with Crippen LogP contribution in [0.25, 0.3) is 0 Å². The smallest absolute Gasteiger partial charge is 0.325 e. The van der Waals surface area contributed by atoms with Crippen LogP contribution < -0.4 is 9.62 Å². The largest absolute Gasteiger partial charge is 0.416 e. The number of rotatable bonds is 5. The minimum atomic E-state index is -4.59. The first-order valence-corrected chi connectivity index (χ1v) is 9.02. The molecular formula is C16H14F4N2O3S. The number of amides is 1. The van der Waals surface area contributed by atoms with Crippen LogP contribution in [0.1, 0.15) is 5.56 Å².